The van der Waals surface area contributed by atoms with Crippen LogP contribution in [0, 0.1) is 0 Å². The summed E-state index contributed by atoms with van der Waals surface area (Å²) in [6, 6.07) is 16.2. The van der Waals surface area contributed by atoms with E-state index in [4.69, 9.17) is 15.5 Å². The number of rotatable bonds is 4. The zero-order valence-corrected chi connectivity index (χ0v) is 12.3. The summed E-state index contributed by atoms with van der Waals surface area (Å²) >= 11 is 0. The number of aromatic nitrogens is 2. The van der Waals surface area contributed by atoms with Crippen molar-refractivity contribution in [1.29, 1.82) is 0 Å². The maximum atomic E-state index is 5.72. The van der Waals surface area contributed by atoms with Crippen molar-refractivity contribution >= 4 is 11.0 Å². The Morgan fingerprint density at radius 3 is 2.62 bits per heavy atom. The molecular weight excluding hydrogens is 262 g/mol. The Bertz CT molecular complexity index is 749. The lowest BCUT2D eigenvalue weighted by molar-refractivity contribution is 0.127. The highest BCUT2D eigenvalue weighted by molar-refractivity contribution is 5.77. The van der Waals surface area contributed by atoms with Gasteiger partial charge in [-0.05, 0) is 23.3 Å². The molecule has 1 unspecified atom stereocenters. The van der Waals surface area contributed by atoms with Gasteiger partial charge in [0.15, 0.2) is 0 Å². The van der Waals surface area contributed by atoms with Crippen molar-refractivity contribution in [2.24, 2.45) is 12.8 Å². The van der Waals surface area contributed by atoms with Crippen molar-refractivity contribution in [2.75, 3.05) is 7.11 Å². The summed E-state index contributed by atoms with van der Waals surface area (Å²) in [5.74, 6) is 0.896. The zero-order valence-electron chi connectivity index (χ0n) is 12.3. The maximum absolute atomic E-state index is 5.72. The SMILES string of the molecule is COC(c1ccccc1)c1nc2ccc(CN)cc2n1C. The van der Waals surface area contributed by atoms with Crippen LogP contribution in [0.2, 0.25) is 0 Å². The molecule has 0 saturated heterocycles. The molecule has 1 atom stereocenters. The van der Waals surface area contributed by atoms with Crippen LogP contribution in [0.25, 0.3) is 11.0 Å². The van der Waals surface area contributed by atoms with E-state index in [9.17, 15) is 0 Å². The molecule has 0 aliphatic heterocycles. The fourth-order valence-corrected chi connectivity index (χ4v) is 2.63. The van der Waals surface area contributed by atoms with Crippen LogP contribution in [-0.2, 0) is 18.3 Å². The van der Waals surface area contributed by atoms with Crippen molar-refractivity contribution in [3.63, 3.8) is 0 Å². The van der Waals surface area contributed by atoms with Crippen LogP contribution >= 0.6 is 0 Å². The van der Waals surface area contributed by atoms with Gasteiger partial charge in [0.05, 0.1) is 11.0 Å². The fourth-order valence-electron chi connectivity index (χ4n) is 2.63. The summed E-state index contributed by atoms with van der Waals surface area (Å²) in [5, 5.41) is 0. The molecule has 3 rings (SSSR count). The number of methoxy groups -OCH3 is 1. The molecule has 0 saturated carbocycles. The third-order valence-electron chi connectivity index (χ3n) is 3.79. The lowest BCUT2D eigenvalue weighted by atomic mass is 10.1. The van der Waals surface area contributed by atoms with Crippen molar-refractivity contribution in [3.8, 4) is 0 Å². The first kappa shape index (κ1) is 13.8. The molecule has 4 nitrogen and oxygen atoms in total. The minimum atomic E-state index is -0.176. The highest BCUT2D eigenvalue weighted by Gasteiger charge is 2.20. The van der Waals surface area contributed by atoms with Gasteiger partial charge in [-0.2, -0.15) is 0 Å². The molecule has 1 aromatic heterocycles. The van der Waals surface area contributed by atoms with E-state index in [1.165, 1.54) is 0 Å². The van der Waals surface area contributed by atoms with Crippen LogP contribution in [0.15, 0.2) is 48.5 Å². The predicted octanol–water partition coefficient (Wildman–Crippen LogP) is 2.77. The van der Waals surface area contributed by atoms with Crippen LogP contribution < -0.4 is 5.73 Å². The highest BCUT2D eigenvalue weighted by Crippen LogP contribution is 2.27. The Morgan fingerprint density at radius 1 is 1.19 bits per heavy atom. The van der Waals surface area contributed by atoms with Crippen LogP contribution in [0.3, 0.4) is 0 Å². The highest BCUT2D eigenvalue weighted by atomic mass is 16.5. The quantitative estimate of drug-likeness (QED) is 0.800. The molecule has 0 amide bonds. The van der Waals surface area contributed by atoms with Gasteiger partial charge in [-0.1, -0.05) is 36.4 Å². The second kappa shape index (κ2) is 5.68. The average Bonchev–Trinajstić information content (AvgIpc) is 2.86. The van der Waals surface area contributed by atoms with E-state index in [1.54, 1.807) is 7.11 Å². The normalized spacial score (nSPS) is 12.7. The monoisotopic (exact) mass is 281 g/mol. The molecule has 0 aliphatic carbocycles. The lowest BCUT2D eigenvalue weighted by Gasteiger charge is -2.15. The third kappa shape index (κ3) is 2.44. The number of nitrogens with zero attached hydrogens (tertiary/aromatic N) is 2. The number of nitrogens with two attached hydrogens (primary N) is 1. The Balaban J connectivity index is 2.13. The first-order valence-corrected chi connectivity index (χ1v) is 6.97. The summed E-state index contributed by atoms with van der Waals surface area (Å²) in [7, 11) is 3.72. The summed E-state index contributed by atoms with van der Waals surface area (Å²) in [6.45, 7) is 0.531. The van der Waals surface area contributed by atoms with E-state index in [0.717, 1.165) is 28.0 Å². The van der Waals surface area contributed by atoms with Crippen LogP contribution in [0.5, 0.6) is 0 Å². The van der Waals surface area contributed by atoms with Crippen molar-refractivity contribution in [2.45, 2.75) is 12.6 Å². The standard InChI is InChI=1S/C17H19N3O/c1-20-15-10-12(11-18)8-9-14(15)19-17(20)16(21-2)13-6-4-3-5-7-13/h3-10,16H,11,18H2,1-2H3. The number of hydrogen-bond donors (Lipinski definition) is 1. The molecule has 1 heterocycles. The molecule has 4 heteroatoms. The predicted molar refractivity (Wildman–Crippen MR) is 83.9 cm³/mol. The van der Waals surface area contributed by atoms with Gasteiger partial charge in [0.2, 0.25) is 0 Å². The second-order valence-corrected chi connectivity index (χ2v) is 5.08. The van der Waals surface area contributed by atoms with Gasteiger partial charge < -0.3 is 15.0 Å². The third-order valence-corrected chi connectivity index (χ3v) is 3.79. The molecule has 2 N–H and O–H groups in total. The summed E-state index contributed by atoms with van der Waals surface area (Å²) in [5.41, 5.74) is 9.95. The molecule has 2 aromatic carbocycles. The van der Waals surface area contributed by atoms with Crippen molar-refractivity contribution in [3.05, 3.63) is 65.5 Å². The van der Waals surface area contributed by atoms with E-state index in [0.29, 0.717) is 6.54 Å². The first-order chi connectivity index (χ1) is 10.2. The van der Waals surface area contributed by atoms with Crippen LogP contribution in [0.4, 0.5) is 0 Å². The fraction of sp³-hybridized carbons (Fsp3) is 0.235. The Hall–Kier alpha value is -2.17. The zero-order chi connectivity index (χ0) is 14.8. The largest absolute Gasteiger partial charge is 0.369 e. The molecule has 0 fully saturated rings. The van der Waals surface area contributed by atoms with Gasteiger partial charge in [0, 0.05) is 20.7 Å². The van der Waals surface area contributed by atoms with Gasteiger partial charge in [-0.25, -0.2) is 4.98 Å². The molecule has 0 aliphatic rings. The molecule has 21 heavy (non-hydrogen) atoms. The maximum Gasteiger partial charge on any atom is 0.143 e. The summed E-state index contributed by atoms with van der Waals surface area (Å²) in [6.07, 6.45) is -0.176. The molecule has 3 aromatic rings. The number of aryl methyl sites for hydroxylation is 1. The van der Waals surface area contributed by atoms with Gasteiger partial charge in [0.1, 0.15) is 11.9 Å². The van der Waals surface area contributed by atoms with E-state index in [1.807, 2.05) is 37.4 Å². The molecule has 0 spiro atoms. The first-order valence-electron chi connectivity index (χ1n) is 6.97. The van der Waals surface area contributed by atoms with E-state index in [2.05, 4.69) is 22.8 Å². The van der Waals surface area contributed by atoms with Gasteiger partial charge in [-0.15, -0.1) is 0 Å². The molecule has 0 radical (unpaired) electrons. The van der Waals surface area contributed by atoms with E-state index < -0.39 is 0 Å². The summed E-state index contributed by atoms with van der Waals surface area (Å²) < 4.78 is 7.76. The van der Waals surface area contributed by atoms with E-state index >= 15 is 0 Å². The van der Waals surface area contributed by atoms with Crippen molar-refractivity contribution in [1.82, 2.24) is 9.55 Å². The number of fused-ring (bicyclic) bond motifs is 1. The number of ether oxygens (including phenoxy) is 1. The number of benzene rings is 2. The van der Waals surface area contributed by atoms with Crippen molar-refractivity contribution < 1.29 is 4.74 Å². The summed E-state index contributed by atoms with van der Waals surface area (Å²) in [4.78, 5) is 4.73. The van der Waals surface area contributed by atoms with Crippen LogP contribution in [-0.4, -0.2) is 16.7 Å². The Morgan fingerprint density at radius 2 is 1.95 bits per heavy atom. The van der Waals surface area contributed by atoms with Crippen LogP contribution in [0.1, 0.15) is 23.1 Å². The average molecular weight is 281 g/mol. The molecular formula is C17H19N3O. The molecule has 0 bridgehead atoms. The molecule has 108 valence electrons. The topological polar surface area (TPSA) is 53.1 Å². The van der Waals surface area contributed by atoms with Gasteiger partial charge >= 0.3 is 0 Å². The van der Waals surface area contributed by atoms with E-state index in [-0.39, 0.29) is 6.10 Å². The number of hydrogen-bond acceptors (Lipinski definition) is 3. The Kier molecular flexibility index (Phi) is 3.73. The Labute approximate surface area is 124 Å². The van der Waals surface area contributed by atoms with Gasteiger partial charge in [-0.3, -0.25) is 0 Å². The number of imidazole rings is 1. The minimum absolute atomic E-state index is 0.176. The lowest BCUT2D eigenvalue weighted by Crippen LogP contribution is -2.09. The minimum Gasteiger partial charge on any atom is -0.369 e. The second-order valence-electron chi connectivity index (χ2n) is 5.08. The van der Waals surface area contributed by atoms with Gasteiger partial charge in [0.25, 0.3) is 0 Å². The smallest absolute Gasteiger partial charge is 0.143 e.